The smallest absolute Gasteiger partial charge is 0.243 e. The monoisotopic (exact) mass is 372 g/mol. The summed E-state index contributed by atoms with van der Waals surface area (Å²) >= 11 is 0. The van der Waals surface area contributed by atoms with Crippen molar-refractivity contribution in [3.63, 3.8) is 0 Å². The molecule has 1 atom stereocenters. The summed E-state index contributed by atoms with van der Waals surface area (Å²) in [4.78, 5) is 12.3. The number of sulfone groups is 1. The van der Waals surface area contributed by atoms with Gasteiger partial charge in [-0.3, -0.25) is 4.79 Å². The molecule has 3 rings (SSSR count). The van der Waals surface area contributed by atoms with Crippen LogP contribution in [-0.4, -0.2) is 51.6 Å². The average molecular weight is 372 g/mol. The normalized spacial score (nSPS) is 24.1. The van der Waals surface area contributed by atoms with Crippen LogP contribution in [0.15, 0.2) is 29.2 Å². The number of carbonyl (C=O) groups excluding carboxylic acids is 1. The predicted octanol–water partition coefficient (Wildman–Crippen LogP) is 0.844. The molecule has 0 aliphatic carbocycles. The van der Waals surface area contributed by atoms with Crippen LogP contribution in [0.2, 0.25) is 0 Å². The highest BCUT2D eigenvalue weighted by Crippen LogP contribution is 2.24. The van der Waals surface area contributed by atoms with Crippen LogP contribution in [0.25, 0.3) is 0 Å². The first-order chi connectivity index (χ1) is 11.3. The Morgan fingerprint density at radius 1 is 1.21 bits per heavy atom. The van der Waals surface area contributed by atoms with E-state index >= 15 is 0 Å². The molecule has 1 aromatic rings. The Kier molecular flexibility index (Phi) is 4.67. The number of nitrogens with zero attached hydrogens (tertiary/aromatic N) is 1. The zero-order chi connectivity index (χ0) is 17.4. The van der Waals surface area contributed by atoms with E-state index in [2.05, 4.69) is 5.32 Å². The van der Waals surface area contributed by atoms with E-state index < -0.39 is 25.8 Å². The van der Waals surface area contributed by atoms with Gasteiger partial charge >= 0.3 is 0 Å². The highest BCUT2D eigenvalue weighted by Gasteiger charge is 2.33. The Balaban J connectivity index is 1.75. The highest BCUT2D eigenvalue weighted by molar-refractivity contribution is 7.91. The minimum absolute atomic E-state index is 0.0223. The lowest BCUT2D eigenvalue weighted by Crippen LogP contribution is -2.28. The molecule has 7 nitrogen and oxygen atoms in total. The molecule has 0 spiro atoms. The summed E-state index contributed by atoms with van der Waals surface area (Å²) < 4.78 is 49.5. The SMILES string of the molecule is O=C(Nc1cccc(S(=O)(=O)N2CCCC2)c1)[C@@H]1CCS(=O)(=O)C1. The Labute approximate surface area is 142 Å². The summed E-state index contributed by atoms with van der Waals surface area (Å²) in [6.45, 7) is 1.03. The molecule has 0 unspecified atom stereocenters. The van der Waals surface area contributed by atoms with Gasteiger partial charge in [0.1, 0.15) is 0 Å². The van der Waals surface area contributed by atoms with Gasteiger partial charge in [0.05, 0.1) is 22.3 Å². The number of hydrogen-bond acceptors (Lipinski definition) is 5. The fourth-order valence-corrected chi connectivity index (χ4v) is 6.36. The van der Waals surface area contributed by atoms with Crippen LogP contribution in [0.4, 0.5) is 5.69 Å². The summed E-state index contributed by atoms with van der Waals surface area (Å²) in [6.07, 6.45) is 2.01. The molecule has 1 amide bonds. The third kappa shape index (κ3) is 3.62. The van der Waals surface area contributed by atoms with Gasteiger partial charge in [-0.25, -0.2) is 16.8 Å². The average Bonchev–Trinajstić information content (AvgIpc) is 3.17. The van der Waals surface area contributed by atoms with Gasteiger partial charge in [0.25, 0.3) is 0 Å². The van der Waals surface area contributed by atoms with Gasteiger partial charge in [-0.1, -0.05) is 6.07 Å². The van der Waals surface area contributed by atoms with Crippen molar-refractivity contribution in [1.82, 2.24) is 4.31 Å². The van der Waals surface area contributed by atoms with E-state index in [9.17, 15) is 21.6 Å². The second kappa shape index (κ2) is 6.45. The number of anilines is 1. The van der Waals surface area contributed by atoms with Crippen LogP contribution in [-0.2, 0) is 24.7 Å². The van der Waals surface area contributed by atoms with Crippen molar-refractivity contribution < 1.29 is 21.6 Å². The molecule has 2 fully saturated rings. The number of hydrogen-bond donors (Lipinski definition) is 1. The van der Waals surface area contributed by atoms with Crippen molar-refractivity contribution in [3.8, 4) is 0 Å². The Morgan fingerprint density at radius 3 is 2.54 bits per heavy atom. The van der Waals surface area contributed by atoms with Crippen LogP contribution in [0.1, 0.15) is 19.3 Å². The van der Waals surface area contributed by atoms with Gasteiger partial charge in [-0.15, -0.1) is 0 Å². The van der Waals surface area contributed by atoms with E-state index in [1.165, 1.54) is 16.4 Å². The van der Waals surface area contributed by atoms with Crippen LogP contribution in [0.3, 0.4) is 0 Å². The van der Waals surface area contributed by atoms with E-state index in [0.29, 0.717) is 25.2 Å². The van der Waals surface area contributed by atoms with Gasteiger partial charge in [-0.2, -0.15) is 4.31 Å². The first kappa shape index (κ1) is 17.4. The number of rotatable bonds is 4. The Bertz CT molecular complexity index is 842. The van der Waals surface area contributed by atoms with E-state index in [-0.39, 0.29) is 22.3 Å². The van der Waals surface area contributed by atoms with Crippen molar-refractivity contribution in [2.75, 3.05) is 29.9 Å². The second-order valence-corrected chi connectivity index (χ2v) is 10.4. The maximum Gasteiger partial charge on any atom is 0.243 e. The van der Waals surface area contributed by atoms with E-state index in [1.54, 1.807) is 12.1 Å². The van der Waals surface area contributed by atoms with Gasteiger partial charge in [0, 0.05) is 18.8 Å². The molecule has 2 aliphatic rings. The molecule has 9 heteroatoms. The summed E-state index contributed by atoms with van der Waals surface area (Å²) in [5.41, 5.74) is 0.365. The highest BCUT2D eigenvalue weighted by atomic mass is 32.2. The standard InChI is InChI=1S/C15H20N2O5S2/c18-15(12-6-9-23(19,20)11-12)16-13-4-3-5-14(10-13)24(21,22)17-7-1-2-8-17/h3-5,10,12H,1-2,6-9,11H2,(H,16,18)/t12-/m1/s1. The van der Waals surface area contributed by atoms with Crippen LogP contribution in [0, 0.1) is 5.92 Å². The first-order valence-corrected chi connectivity index (χ1v) is 11.2. The van der Waals surface area contributed by atoms with E-state index in [0.717, 1.165) is 12.8 Å². The van der Waals surface area contributed by atoms with Gasteiger partial charge in [0.15, 0.2) is 9.84 Å². The summed E-state index contributed by atoms with van der Waals surface area (Å²) in [5, 5.41) is 2.64. The molecule has 2 aliphatic heterocycles. The van der Waals surface area contributed by atoms with E-state index in [4.69, 9.17) is 0 Å². The van der Waals surface area contributed by atoms with Gasteiger partial charge in [0.2, 0.25) is 15.9 Å². The zero-order valence-electron chi connectivity index (χ0n) is 13.1. The lowest BCUT2D eigenvalue weighted by atomic mass is 10.1. The molecule has 2 heterocycles. The Morgan fingerprint density at radius 2 is 1.92 bits per heavy atom. The molecule has 1 N–H and O–H groups in total. The fourth-order valence-electron chi connectivity index (χ4n) is 3.06. The molecule has 132 valence electrons. The molecule has 0 radical (unpaired) electrons. The van der Waals surface area contributed by atoms with Crippen molar-refractivity contribution in [1.29, 1.82) is 0 Å². The van der Waals surface area contributed by atoms with Crippen molar-refractivity contribution in [3.05, 3.63) is 24.3 Å². The second-order valence-electron chi connectivity index (χ2n) is 6.23. The zero-order valence-corrected chi connectivity index (χ0v) is 14.8. The van der Waals surface area contributed by atoms with Crippen molar-refractivity contribution in [2.45, 2.75) is 24.2 Å². The number of sulfonamides is 1. The van der Waals surface area contributed by atoms with Crippen molar-refractivity contribution >= 4 is 31.5 Å². The van der Waals surface area contributed by atoms with Crippen LogP contribution in [0.5, 0.6) is 0 Å². The summed E-state index contributed by atoms with van der Waals surface area (Å²) in [6, 6.07) is 6.10. The third-order valence-electron chi connectivity index (χ3n) is 4.41. The minimum Gasteiger partial charge on any atom is -0.326 e. The van der Waals surface area contributed by atoms with Crippen LogP contribution >= 0.6 is 0 Å². The minimum atomic E-state index is -3.55. The molecule has 24 heavy (non-hydrogen) atoms. The van der Waals surface area contributed by atoms with Gasteiger partial charge < -0.3 is 5.32 Å². The predicted molar refractivity (Wildman–Crippen MR) is 89.8 cm³/mol. The first-order valence-electron chi connectivity index (χ1n) is 7.89. The lowest BCUT2D eigenvalue weighted by Gasteiger charge is -2.16. The third-order valence-corrected chi connectivity index (χ3v) is 8.07. The number of benzene rings is 1. The van der Waals surface area contributed by atoms with Gasteiger partial charge in [-0.05, 0) is 37.5 Å². The fraction of sp³-hybridized carbons (Fsp3) is 0.533. The molecule has 2 saturated heterocycles. The molecular weight excluding hydrogens is 352 g/mol. The maximum absolute atomic E-state index is 12.5. The van der Waals surface area contributed by atoms with Crippen molar-refractivity contribution in [2.24, 2.45) is 5.92 Å². The topological polar surface area (TPSA) is 101 Å². The maximum atomic E-state index is 12.5. The number of carbonyl (C=O) groups is 1. The molecule has 1 aromatic carbocycles. The van der Waals surface area contributed by atoms with Crippen LogP contribution < -0.4 is 5.32 Å². The lowest BCUT2D eigenvalue weighted by molar-refractivity contribution is -0.119. The summed E-state index contributed by atoms with van der Waals surface area (Å²) in [5.74, 6) is -1.08. The molecule has 0 saturated carbocycles. The van der Waals surface area contributed by atoms with E-state index in [1.807, 2.05) is 0 Å². The molecular formula is C15H20N2O5S2. The molecule has 0 bridgehead atoms. The molecule has 0 aromatic heterocycles. The number of amides is 1. The number of nitrogens with one attached hydrogen (secondary N) is 1. The Hall–Kier alpha value is -1.45. The largest absolute Gasteiger partial charge is 0.326 e. The summed E-state index contributed by atoms with van der Waals surface area (Å²) in [7, 11) is -6.69. The quantitative estimate of drug-likeness (QED) is 0.844.